The number of benzene rings is 1. The zero-order valence-corrected chi connectivity index (χ0v) is 12.7. The number of fused-ring (bicyclic) bond motifs is 1. The second-order valence-electron chi connectivity index (χ2n) is 6.17. The molecule has 3 amide bonds. The van der Waals surface area contributed by atoms with Gasteiger partial charge in [0.2, 0.25) is 0 Å². The van der Waals surface area contributed by atoms with Crippen molar-refractivity contribution >= 4 is 11.9 Å². The number of nitrogens with zero attached hydrogens (tertiary/aromatic N) is 2. The standard InChI is InChI=1S/C18H17N3O2/c22-16-18(9-8-13-5-1-2-6-14(13)11-18)20-17(23)21(16)12-15-7-3-4-10-19-15/h1-7,10H,8-9,11-12H2,(H,20,23)/t18-/m0/s1. The summed E-state index contributed by atoms with van der Waals surface area (Å²) in [4.78, 5) is 30.8. The first-order valence-corrected chi connectivity index (χ1v) is 7.79. The lowest BCUT2D eigenvalue weighted by Gasteiger charge is -2.32. The Hall–Kier alpha value is -2.69. The van der Waals surface area contributed by atoms with Gasteiger partial charge in [-0.2, -0.15) is 0 Å². The number of rotatable bonds is 2. The molecular formula is C18H17N3O2. The molecule has 2 aliphatic rings. The monoisotopic (exact) mass is 307 g/mol. The number of urea groups is 1. The van der Waals surface area contributed by atoms with Gasteiger partial charge in [-0.3, -0.25) is 14.7 Å². The minimum absolute atomic E-state index is 0.136. The van der Waals surface area contributed by atoms with Crippen LogP contribution in [-0.2, 0) is 24.2 Å². The molecule has 4 rings (SSSR count). The van der Waals surface area contributed by atoms with E-state index in [0.717, 1.165) is 12.0 Å². The van der Waals surface area contributed by atoms with Crippen LogP contribution in [0.15, 0.2) is 48.7 Å². The molecule has 2 heterocycles. The van der Waals surface area contributed by atoms with E-state index in [1.165, 1.54) is 10.5 Å². The molecule has 1 atom stereocenters. The maximum atomic E-state index is 12.9. The summed E-state index contributed by atoms with van der Waals surface area (Å²) in [5.74, 6) is -0.136. The first kappa shape index (κ1) is 13.9. The SMILES string of the molecule is O=C1N[C@]2(CCc3ccccc3C2)C(=O)N1Cc1ccccn1. The van der Waals surface area contributed by atoms with E-state index < -0.39 is 5.54 Å². The van der Waals surface area contributed by atoms with E-state index in [2.05, 4.69) is 16.4 Å². The largest absolute Gasteiger partial charge is 0.325 e. The van der Waals surface area contributed by atoms with Crippen molar-refractivity contribution in [2.45, 2.75) is 31.3 Å². The molecule has 1 fully saturated rings. The number of amides is 3. The molecule has 1 N–H and O–H groups in total. The summed E-state index contributed by atoms with van der Waals surface area (Å²) in [6.45, 7) is 0.217. The van der Waals surface area contributed by atoms with E-state index in [9.17, 15) is 9.59 Å². The lowest BCUT2D eigenvalue weighted by atomic mass is 9.78. The predicted molar refractivity (Wildman–Crippen MR) is 84.5 cm³/mol. The van der Waals surface area contributed by atoms with Crippen molar-refractivity contribution < 1.29 is 9.59 Å². The number of aromatic nitrogens is 1. The Morgan fingerprint density at radius 3 is 2.65 bits per heavy atom. The van der Waals surface area contributed by atoms with Crippen molar-refractivity contribution in [2.24, 2.45) is 0 Å². The summed E-state index contributed by atoms with van der Waals surface area (Å²) in [5, 5.41) is 2.94. The zero-order valence-electron chi connectivity index (χ0n) is 12.7. The quantitative estimate of drug-likeness (QED) is 0.864. The number of imide groups is 1. The van der Waals surface area contributed by atoms with Gasteiger partial charge in [0.15, 0.2) is 0 Å². The topological polar surface area (TPSA) is 62.3 Å². The third kappa shape index (κ3) is 2.29. The molecule has 116 valence electrons. The van der Waals surface area contributed by atoms with Crippen LogP contribution in [0, 0.1) is 0 Å². The average molecular weight is 307 g/mol. The summed E-state index contributed by atoms with van der Waals surface area (Å²) in [6.07, 6.45) is 3.68. The summed E-state index contributed by atoms with van der Waals surface area (Å²) in [6, 6.07) is 13.3. The van der Waals surface area contributed by atoms with E-state index >= 15 is 0 Å². The van der Waals surface area contributed by atoms with Gasteiger partial charge in [0.1, 0.15) is 5.54 Å². The maximum Gasteiger partial charge on any atom is 0.325 e. The Bertz CT molecular complexity index is 775. The van der Waals surface area contributed by atoms with Crippen LogP contribution >= 0.6 is 0 Å². The fraction of sp³-hybridized carbons (Fsp3) is 0.278. The normalized spacial score (nSPS) is 23.0. The van der Waals surface area contributed by atoms with Crippen LogP contribution in [0.2, 0.25) is 0 Å². The lowest BCUT2D eigenvalue weighted by Crippen LogP contribution is -2.51. The number of nitrogens with one attached hydrogen (secondary N) is 1. The number of hydrogen-bond acceptors (Lipinski definition) is 3. The van der Waals surface area contributed by atoms with Crippen LogP contribution in [0.1, 0.15) is 23.2 Å². The molecule has 5 heteroatoms. The molecule has 2 aromatic rings. The van der Waals surface area contributed by atoms with Crippen LogP contribution in [-0.4, -0.2) is 27.4 Å². The third-order valence-electron chi connectivity index (χ3n) is 4.72. The second kappa shape index (κ2) is 5.19. The van der Waals surface area contributed by atoms with E-state index in [1.807, 2.05) is 36.4 Å². The molecule has 1 aliphatic carbocycles. The van der Waals surface area contributed by atoms with E-state index in [4.69, 9.17) is 0 Å². The van der Waals surface area contributed by atoms with Gasteiger partial charge < -0.3 is 5.32 Å². The van der Waals surface area contributed by atoms with Gasteiger partial charge in [-0.1, -0.05) is 30.3 Å². The van der Waals surface area contributed by atoms with Gasteiger partial charge in [0.25, 0.3) is 5.91 Å². The molecule has 0 saturated carbocycles. The molecular weight excluding hydrogens is 290 g/mol. The molecule has 0 radical (unpaired) electrons. The predicted octanol–water partition coefficient (Wildman–Crippen LogP) is 2.06. The van der Waals surface area contributed by atoms with Crippen molar-refractivity contribution in [1.29, 1.82) is 0 Å². The van der Waals surface area contributed by atoms with Crippen LogP contribution in [0.25, 0.3) is 0 Å². The van der Waals surface area contributed by atoms with Gasteiger partial charge in [-0.25, -0.2) is 4.79 Å². The Kier molecular flexibility index (Phi) is 3.15. The molecule has 1 saturated heterocycles. The second-order valence-corrected chi connectivity index (χ2v) is 6.17. The summed E-state index contributed by atoms with van der Waals surface area (Å²) < 4.78 is 0. The number of carbonyl (C=O) groups is 2. The fourth-order valence-corrected chi connectivity index (χ4v) is 3.50. The van der Waals surface area contributed by atoms with E-state index in [1.54, 1.807) is 6.20 Å². The average Bonchev–Trinajstić information content (AvgIpc) is 2.80. The number of aryl methyl sites for hydroxylation is 1. The first-order chi connectivity index (χ1) is 11.2. The zero-order chi connectivity index (χ0) is 15.9. The molecule has 1 spiro atoms. The lowest BCUT2D eigenvalue weighted by molar-refractivity contribution is -0.132. The minimum Gasteiger partial charge on any atom is -0.323 e. The van der Waals surface area contributed by atoms with Crippen LogP contribution in [0.3, 0.4) is 0 Å². The van der Waals surface area contributed by atoms with Crippen molar-refractivity contribution in [3.8, 4) is 0 Å². The van der Waals surface area contributed by atoms with Crippen molar-refractivity contribution in [3.63, 3.8) is 0 Å². The molecule has 1 aliphatic heterocycles. The van der Waals surface area contributed by atoms with Gasteiger partial charge in [0, 0.05) is 12.6 Å². The summed E-state index contributed by atoms with van der Waals surface area (Å²) >= 11 is 0. The highest BCUT2D eigenvalue weighted by molar-refractivity contribution is 6.07. The molecule has 5 nitrogen and oxygen atoms in total. The molecule has 1 aromatic carbocycles. The summed E-state index contributed by atoms with van der Waals surface area (Å²) in [5.41, 5.74) is 2.33. The number of carbonyl (C=O) groups excluding carboxylic acids is 2. The highest BCUT2D eigenvalue weighted by Gasteiger charge is 2.52. The molecule has 23 heavy (non-hydrogen) atoms. The fourth-order valence-electron chi connectivity index (χ4n) is 3.50. The number of hydrogen-bond donors (Lipinski definition) is 1. The van der Waals surface area contributed by atoms with Crippen LogP contribution < -0.4 is 5.32 Å². The Morgan fingerprint density at radius 1 is 1.09 bits per heavy atom. The third-order valence-corrected chi connectivity index (χ3v) is 4.72. The van der Waals surface area contributed by atoms with Crippen molar-refractivity contribution in [3.05, 3.63) is 65.5 Å². The van der Waals surface area contributed by atoms with Gasteiger partial charge in [-0.05, 0) is 36.1 Å². The van der Waals surface area contributed by atoms with E-state index in [0.29, 0.717) is 18.5 Å². The smallest absolute Gasteiger partial charge is 0.323 e. The van der Waals surface area contributed by atoms with Gasteiger partial charge in [-0.15, -0.1) is 0 Å². The van der Waals surface area contributed by atoms with E-state index in [-0.39, 0.29) is 18.5 Å². The molecule has 0 unspecified atom stereocenters. The Labute approximate surface area is 134 Å². The van der Waals surface area contributed by atoms with Gasteiger partial charge >= 0.3 is 6.03 Å². The first-order valence-electron chi connectivity index (χ1n) is 7.79. The van der Waals surface area contributed by atoms with Crippen LogP contribution in [0.5, 0.6) is 0 Å². The molecule has 1 aromatic heterocycles. The molecule has 0 bridgehead atoms. The van der Waals surface area contributed by atoms with Crippen molar-refractivity contribution in [2.75, 3.05) is 0 Å². The summed E-state index contributed by atoms with van der Waals surface area (Å²) in [7, 11) is 0. The highest BCUT2D eigenvalue weighted by Crippen LogP contribution is 2.33. The Morgan fingerprint density at radius 2 is 1.87 bits per heavy atom. The Balaban J connectivity index is 1.61. The van der Waals surface area contributed by atoms with Crippen LogP contribution in [0.4, 0.5) is 4.79 Å². The minimum atomic E-state index is -0.791. The van der Waals surface area contributed by atoms with Crippen molar-refractivity contribution in [1.82, 2.24) is 15.2 Å². The maximum absolute atomic E-state index is 12.9. The van der Waals surface area contributed by atoms with Gasteiger partial charge in [0.05, 0.1) is 12.2 Å². The highest BCUT2D eigenvalue weighted by atomic mass is 16.2. The number of pyridine rings is 1.